The van der Waals surface area contributed by atoms with E-state index in [1.54, 1.807) is 37.6 Å². The Bertz CT molecular complexity index is 775. The summed E-state index contributed by atoms with van der Waals surface area (Å²) in [5.41, 5.74) is 4.98. The van der Waals surface area contributed by atoms with Crippen molar-refractivity contribution in [2.24, 2.45) is 5.10 Å². The van der Waals surface area contributed by atoms with Gasteiger partial charge in [0.1, 0.15) is 5.71 Å². The van der Waals surface area contributed by atoms with Gasteiger partial charge in [0.05, 0.1) is 5.52 Å². The van der Waals surface area contributed by atoms with Gasteiger partial charge in [-0.3, -0.25) is 9.78 Å². The van der Waals surface area contributed by atoms with Gasteiger partial charge in [-0.1, -0.05) is 0 Å². The molecule has 0 aliphatic heterocycles. The Kier molecular flexibility index (Phi) is 3.38. The van der Waals surface area contributed by atoms with Crippen molar-refractivity contribution in [2.75, 3.05) is 0 Å². The van der Waals surface area contributed by atoms with E-state index >= 15 is 0 Å². The third-order valence-corrected chi connectivity index (χ3v) is 2.87. The lowest BCUT2D eigenvalue weighted by Gasteiger charge is -2.00. The average molecular weight is 280 g/mol. The minimum atomic E-state index is -0.300. The second-order valence-corrected chi connectivity index (χ2v) is 4.33. The van der Waals surface area contributed by atoms with E-state index in [0.29, 0.717) is 22.7 Å². The van der Waals surface area contributed by atoms with Crippen molar-refractivity contribution in [1.29, 1.82) is 0 Å². The molecule has 0 atom stereocenters. The van der Waals surface area contributed by atoms with Crippen LogP contribution in [0.3, 0.4) is 0 Å². The fourth-order valence-electron chi connectivity index (χ4n) is 1.77. The summed E-state index contributed by atoms with van der Waals surface area (Å²) in [6, 6.07) is 6.93. The van der Waals surface area contributed by atoms with Crippen LogP contribution in [0.1, 0.15) is 23.1 Å². The van der Waals surface area contributed by atoms with E-state index in [1.807, 2.05) is 12.1 Å². The molecule has 3 aromatic rings. The predicted molar refractivity (Wildman–Crippen MR) is 77.8 cm³/mol. The Morgan fingerprint density at radius 2 is 2.05 bits per heavy atom. The van der Waals surface area contributed by atoms with Crippen molar-refractivity contribution in [1.82, 2.24) is 25.4 Å². The Balaban J connectivity index is 1.78. The number of nitrogens with one attached hydrogen (secondary N) is 2. The first-order valence-corrected chi connectivity index (χ1v) is 6.30. The van der Waals surface area contributed by atoms with E-state index in [2.05, 4.69) is 30.5 Å². The molecule has 0 unspecified atom stereocenters. The average Bonchev–Trinajstić information content (AvgIpc) is 2.97. The zero-order valence-electron chi connectivity index (χ0n) is 11.2. The summed E-state index contributed by atoms with van der Waals surface area (Å²) in [7, 11) is 0. The summed E-state index contributed by atoms with van der Waals surface area (Å²) in [6.45, 7) is 1.75. The van der Waals surface area contributed by atoms with Gasteiger partial charge in [0.2, 0.25) is 0 Å². The van der Waals surface area contributed by atoms with Gasteiger partial charge < -0.3 is 4.98 Å². The number of fused-ring (bicyclic) bond motifs is 1. The summed E-state index contributed by atoms with van der Waals surface area (Å²) < 4.78 is 0. The number of aromatic amines is 1. The van der Waals surface area contributed by atoms with E-state index < -0.39 is 0 Å². The minimum absolute atomic E-state index is 0.300. The van der Waals surface area contributed by atoms with E-state index in [1.165, 1.54) is 0 Å². The Morgan fingerprint density at radius 3 is 2.81 bits per heavy atom. The van der Waals surface area contributed by atoms with Crippen LogP contribution in [0.4, 0.5) is 0 Å². The maximum atomic E-state index is 11.9. The molecule has 3 aromatic heterocycles. The number of hydrogen-bond acceptors (Lipinski definition) is 5. The van der Waals surface area contributed by atoms with Crippen LogP contribution in [0.15, 0.2) is 48.0 Å². The van der Waals surface area contributed by atoms with Crippen molar-refractivity contribution in [3.8, 4) is 0 Å². The standard InChI is InChI=1S/C14H12N6O/c1-9(12-17-11-3-2-6-16-13(11)18-12)19-20-14(21)10-4-7-15-8-5-10/h2-8H,1H3,(H,20,21)(H,16,17,18)/b19-9+. The number of nitrogens with zero attached hydrogens (tertiary/aromatic N) is 4. The van der Waals surface area contributed by atoms with Gasteiger partial charge in [-0.25, -0.2) is 15.4 Å². The molecular formula is C14H12N6O. The molecule has 0 aromatic carbocycles. The number of H-pyrrole nitrogens is 1. The normalized spacial score (nSPS) is 11.6. The second-order valence-electron chi connectivity index (χ2n) is 4.33. The highest BCUT2D eigenvalue weighted by atomic mass is 16.2. The lowest BCUT2D eigenvalue weighted by atomic mass is 10.3. The van der Waals surface area contributed by atoms with Crippen molar-refractivity contribution < 1.29 is 4.79 Å². The molecule has 0 radical (unpaired) electrons. The topological polar surface area (TPSA) is 95.9 Å². The van der Waals surface area contributed by atoms with E-state index in [4.69, 9.17) is 0 Å². The molecule has 0 saturated heterocycles. The molecule has 0 saturated carbocycles. The maximum absolute atomic E-state index is 11.9. The van der Waals surface area contributed by atoms with E-state index in [0.717, 1.165) is 5.52 Å². The van der Waals surface area contributed by atoms with Crippen LogP contribution in [0, 0.1) is 0 Å². The van der Waals surface area contributed by atoms with Gasteiger partial charge in [0.15, 0.2) is 11.5 Å². The summed E-state index contributed by atoms with van der Waals surface area (Å²) in [4.78, 5) is 27.3. The Hall–Kier alpha value is -3.09. The van der Waals surface area contributed by atoms with Gasteiger partial charge >= 0.3 is 0 Å². The number of imidazole rings is 1. The molecule has 21 heavy (non-hydrogen) atoms. The van der Waals surface area contributed by atoms with Crippen LogP contribution >= 0.6 is 0 Å². The van der Waals surface area contributed by atoms with Crippen molar-refractivity contribution in [2.45, 2.75) is 6.92 Å². The number of carbonyl (C=O) groups is 1. The summed E-state index contributed by atoms with van der Waals surface area (Å²) in [6.07, 6.45) is 4.78. The third kappa shape index (κ3) is 2.76. The van der Waals surface area contributed by atoms with Crippen molar-refractivity contribution in [3.63, 3.8) is 0 Å². The van der Waals surface area contributed by atoms with Crippen LogP contribution in [0.5, 0.6) is 0 Å². The number of hydrazone groups is 1. The van der Waals surface area contributed by atoms with Crippen LogP contribution in [-0.4, -0.2) is 31.6 Å². The minimum Gasteiger partial charge on any atom is -0.336 e. The molecule has 104 valence electrons. The maximum Gasteiger partial charge on any atom is 0.271 e. The summed E-state index contributed by atoms with van der Waals surface area (Å²) in [5, 5.41) is 4.04. The highest BCUT2D eigenvalue weighted by molar-refractivity contribution is 6.00. The largest absolute Gasteiger partial charge is 0.336 e. The number of carbonyl (C=O) groups excluding carboxylic acids is 1. The Labute approximate surface area is 120 Å². The monoisotopic (exact) mass is 280 g/mol. The zero-order valence-corrected chi connectivity index (χ0v) is 11.2. The highest BCUT2D eigenvalue weighted by Crippen LogP contribution is 2.07. The molecule has 0 aliphatic rings. The van der Waals surface area contributed by atoms with E-state index in [-0.39, 0.29) is 5.91 Å². The van der Waals surface area contributed by atoms with Crippen LogP contribution < -0.4 is 5.43 Å². The number of hydrogen-bond donors (Lipinski definition) is 2. The van der Waals surface area contributed by atoms with Crippen molar-refractivity contribution >= 4 is 22.8 Å². The molecule has 0 spiro atoms. The molecule has 3 rings (SSSR count). The predicted octanol–water partition coefficient (Wildman–Crippen LogP) is 1.51. The fraction of sp³-hybridized carbons (Fsp3) is 0.0714. The second kappa shape index (κ2) is 5.49. The molecule has 0 aliphatic carbocycles. The SMILES string of the molecule is C/C(=N\NC(=O)c1ccncc1)c1nc2ncccc2[nH]1. The lowest BCUT2D eigenvalue weighted by Crippen LogP contribution is -2.19. The Morgan fingerprint density at radius 1 is 1.24 bits per heavy atom. The molecule has 1 amide bonds. The first-order valence-electron chi connectivity index (χ1n) is 6.30. The number of pyridine rings is 2. The lowest BCUT2D eigenvalue weighted by molar-refractivity contribution is 0.0954. The highest BCUT2D eigenvalue weighted by Gasteiger charge is 2.07. The number of rotatable bonds is 3. The molecule has 3 heterocycles. The fourth-order valence-corrected chi connectivity index (χ4v) is 1.77. The molecule has 0 fully saturated rings. The molecular weight excluding hydrogens is 268 g/mol. The van der Waals surface area contributed by atoms with Gasteiger partial charge in [-0.15, -0.1) is 0 Å². The molecule has 2 N–H and O–H groups in total. The molecule has 0 bridgehead atoms. The van der Waals surface area contributed by atoms with E-state index in [9.17, 15) is 4.79 Å². The van der Waals surface area contributed by atoms with Crippen LogP contribution in [0.2, 0.25) is 0 Å². The first kappa shape index (κ1) is 12.9. The van der Waals surface area contributed by atoms with Gasteiger partial charge in [0.25, 0.3) is 5.91 Å². The van der Waals surface area contributed by atoms with Crippen molar-refractivity contribution in [3.05, 3.63) is 54.2 Å². The zero-order chi connectivity index (χ0) is 14.7. The summed E-state index contributed by atoms with van der Waals surface area (Å²) >= 11 is 0. The number of amides is 1. The first-order chi connectivity index (χ1) is 10.2. The summed E-state index contributed by atoms with van der Waals surface area (Å²) in [5.74, 6) is 0.268. The van der Waals surface area contributed by atoms with Crippen LogP contribution in [0.25, 0.3) is 11.2 Å². The van der Waals surface area contributed by atoms with Crippen LogP contribution in [-0.2, 0) is 0 Å². The number of aromatic nitrogens is 4. The third-order valence-electron chi connectivity index (χ3n) is 2.87. The molecule has 7 heteroatoms. The van der Waals surface area contributed by atoms with Gasteiger partial charge in [0, 0.05) is 24.2 Å². The van der Waals surface area contributed by atoms with Gasteiger partial charge in [-0.2, -0.15) is 5.10 Å². The quantitative estimate of drug-likeness (QED) is 0.561. The molecule has 7 nitrogen and oxygen atoms in total. The smallest absolute Gasteiger partial charge is 0.271 e. The van der Waals surface area contributed by atoms with Gasteiger partial charge in [-0.05, 0) is 31.2 Å².